The molecule has 0 radical (unpaired) electrons. The second kappa shape index (κ2) is 9.13. The molecule has 4 rings (SSSR count). The fourth-order valence-corrected chi connectivity index (χ4v) is 3.38. The number of carbonyl (C=O) groups excluding carboxylic acids is 1. The van der Waals surface area contributed by atoms with E-state index in [9.17, 15) is 9.59 Å². The Bertz CT molecular complexity index is 1110. The van der Waals surface area contributed by atoms with Gasteiger partial charge in [-0.3, -0.25) is 9.59 Å². The highest BCUT2D eigenvalue weighted by molar-refractivity contribution is 9.10. The van der Waals surface area contributed by atoms with E-state index in [1.54, 1.807) is 24.3 Å². The van der Waals surface area contributed by atoms with Crippen molar-refractivity contribution in [3.8, 4) is 22.8 Å². The van der Waals surface area contributed by atoms with Crippen LogP contribution >= 0.6 is 15.9 Å². The highest BCUT2D eigenvalue weighted by atomic mass is 79.9. The Kier molecular flexibility index (Phi) is 6.13. The predicted octanol–water partition coefficient (Wildman–Crippen LogP) is 3.86. The van der Waals surface area contributed by atoms with E-state index in [1.807, 2.05) is 24.3 Å². The van der Waals surface area contributed by atoms with Crippen LogP contribution in [0, 0.1) is 0 Å². The van der Waals surface area contributed by atoms with Gasteiger partial charge in [-0.05, 0) is 36.8 Å². The number of hydrogen-bond acceptors (Lipinski definition) is 5. The summed E-state index contributed by atoms with van der Waals surface area (Å²) >= 11 is 3.41. The number of ether oxygens (including phenoxy) is 2. The molecule has 1 amide bonds. The van der Waals surface area contributed by atoms with Gasteiger partial charge in [-0.15, -0.1) is 0 Å². The maximum absolute atomic E-state index is 12.3. The molecular formula is C22H20BrN3O4. The number of hydrogen-bond donors (Lipinski definition) is 1. The third-order valence-electron chi connectivity index (χ3n) is 4.61. The summed E-state index contributed by atoms with van der Waals surface area (Å²) in [6.45, 7) is 1.37. The van der Waals surface area contributed by atoms with Gasteiger partial charge in [-0.2, -0.15) is 5.10 Å². The third kappa shape index (κ3) is 4.88. The quantitative estimate of drug-likeness (QED) is 0.592. The van der Waals surface area contributed by atoms with Gasteiger partial charge in [-0.25, -0.2) is 4.68 Å². The number of carbonyl (C=O) groups is 1. The van der Waals surface area contributed by atoms with Crippen molar-refractivity contribution in [1.82, 2.24) is 9.78 Å². The van der Waals surface area contributed by atoms with Crippen molar-refractivity contribution in [2.75, 3.05) is 18.5 Å². The van der Waals surface area contributed by atoms with E-state index in [1.165, 1.54) is 10.7 Å². The molecule has 0 saturated carbocycles. The summed E-state index contributed by atoms with van der Waals surface area (Å²) in [5.41, 5.74) is 2.09. The molecule has 0 atom stereocenters. The summed E-state index contributed by atoms with van der Waals surface area (Å²) in [6.07, 6.45) is 0.762. The lowest BCUT2D eigenvalue weighted by Gasteiger charge is -2.19. The Labute approximate surface area is 181 Å². The second-order valence-corrected chi connectivity index (χ2v) is 7.71. The number of benzene rings is 2. The van der Waals surface area contributed by atoms with Crippen molar-refractivity contribution in [3.05, 3.63) is 69.4 Å². The largest absolute Gasteiger partial charge is 0.486 e. The van der Waals surface area contributed by atoms with Crippen molar-refractivity contribution in [1.29, 1.82) is 0 Å². The number of nitrogens with zero attached hydrogens (tertiary/aromatic N) is 2. The Morgan fingerprint density at radius 2 is 1.80 bits per heavy atom. The highest BCUT2D eigenvalue weighted by Gasteiger charge is 2.13. The maximum Gasteiger partial charge on any atom is 0.266 e. The third-order valence-corrected chi connectivity index (χ3v) is 5.13. The van der Waals surface area contributed by atoms with E-state index in [4.69, 9.17) is 9.47 Å². The van der Waals surface area contributed by atoms with Gasteiger partial charge in [0.1, 0.15) is 13.2 Å². The van der Waals surface area contributed by atoms with Crippen LogP contribution in [-0.4, -0.2) is 28.9 Å². The van der Waals surface area contributed by atoms with Crippen molar-refractivity contribution in [3.63, 3.8) is 0 Å². The minimum atomic E-state index is -0.192. The number of nitrogens with one attached hydrogen (secondary N) is 1. The summed E-state index contributed by atoms with van der Waals surface area (Å²) in [4.78, 5) is 24.4. The Morgan fingerprint density at radius 3 is 2.60 bits per heavy atom. The minimum absolute atomic E-state index is 0.135. The maximum atomic E-state index is 12.3. The number of halogens is 1. The minimum Gasteiger partial charge on any atom is -0.486 e. The van der Waals surface area contributed by atoms with Crippen molar-refractivity contribution < 1.29 is 14.3 Å². The molecule has 7 nitrogen and oxygen atoms in total. The van der Waals surface area contributed by atoms with Crippen molar-refractivity contribution in [2.45, 2.75) is 19.4 Å². The monoisotopic (exact) mass is 469 g/mol. The fraction of sp³-hybridized carbons (Fsp3) is 0.227. The van der Waals surface area contributed by atoms with Crippen LogP contribution in [-0.2, 0) is 11.3 Å². The molecule has 1 aliphatic heterocycles. The summed E-state index contributed by atoms with van der Waals surface area (Å²) in [5, 5.41) is 7.28. The number of amides is 1. The van der Waals surface area contributed by atoms with Crippen LogP contribution in [0.1, 0.15) is 12.8 Å². The van der Waals surface area contributed by atoms with Gasteiger partial charge in [0, 0.05) is 40.8 Å². The number of rotatable bonds is 6. The molecule has 2 aromatic carbocycles. The molecule has 0 fully saturated rings. The number of aromatic nitrogens is 2. The summed E-state index contributed by atoms with van der Waals surface area (Å²) in [6, 6.07) is 16.2. The number of aryl methyl sites for hydroxylation is 1. The molecule has 8 heteroatoms. The van der Waals surface area contributed by atoms with Gasteiger partial charge in [0.05, 0.1) is 5.69 Å². The zero-order valence-electron chi connectivity index (χ0n) is 16.1. The van der Waals surface area contributed by atoms with E-state index < -0.39 is 0 Å². The van der Waals surface area contributed by atoms with Crippen LogP contribution < -0.4 is 20.3 Å². The molecule has 1 aromatic heterocycles. The van der Waals surface area contributed by atoms with Crippen LogP contribution in [0.2, 0.25) is 0 Å². The number of fused-ring (bicyclic) bond motifs is 1. The molecule has 0 unspecified atom stereocenters. The first-order valence-corrected chi connectivity index (χ1v) is 10.4. The zero-order valence-corrected chi connectivity index (χ0v) is 17.7. The van der Waals surface area contributed by atoms with Gasteiger partial charge in [-0.1, -0.05) is 28.1 Å². The molecule has 0 saturated heterocycles. The van der Waals surface area contributed by atoms with Crippen LogP contribution in [0.25, 0.3) is 11.3 Å². The van der Waals surface area contributed by atoms with E-state index >= 15 is 0 Å². The predicted molar refractivity (Wildman–Crippen MR) is 117 cm³/mol. The smallest absolute Gasteiger partial charge is 0.266 e. The highest BCUT2D eigenvalue weighted by Crippen LogP contribution is 2.32. The van der Waals surface area contributed by atoms with E-state index in [2.05, 4.69) is 26.3 Å². The Balaban J connectivity index is 1.34. The molecule has 3 aromatic rings. The van der Waals surface area contributed by atoms with E-state index in [0.29, 0.717) is 49.1 Å². The summed E-state index contributed by atoms with van der Waals surface area (Å²) in [7, 11) is 0. The van der Waals surface area contributed by atoms with E-state index in [0.717, 1.165) is 10.0 Å². The van der Waals surface area contributed by atoms with E-state index in [-0.39, 0.29) is 17.9 Å². The normalized spacial score (nSPS) is 12.4. The first kappa shape index (κ1) is 20.2. The van der Waals surface area contributed by atoms with Gasteiger partial charge in [0.15, 0.2) is 11.5 Å². The lowest BCUT2D eigenvalue weighted by molar-refractivity contribution is -0.116. The lowest BCUT2D eigenvalue weighted by Crippen LogP contribution is -2.23. The van der Waals surface area contributed by atoms with Crippen LogP contribution in [0.3, 0.4) is 0 Å². The van der Waals surface area contributed by atoms with Gasteiger partial charge in [0.25, 0.3) is 5.56 Å². The molecule has 30 heavy (non-hydrogen) atoms. The molecule has 0 spiro atoms. The standard InChI is InChI=1S/C22H20BrN3O4/c23-16-5-3-15(4-6-16)18-8-10-22(28)26(25-18)11-1-2-21(27)24-17-7-9-19-20(14-17)30-13-12-29-19/h3-10,14H,1-2,11-13H2,(H,24,27). The Hall–Kier alpha value is -3.13. The van der Waals surface area contributed by atoms with Gasteiger partial charge < -0.3 is 14.8 Å². The fourth-order valence-electron chi connectivity index (χ4n) is 3.12. The van der Waals surface area contributed by atoms with Gasteiger partial charge in [0.2, 0.25) is 5.91 Å². The molecule has 0 aliphatic carbocycles. The molecule has 2 heterocycles. The Morgan fingerprint density at radius 1 is 1.03 bits per heavy atom. The molecular weight excluding hydrogens is 450 g/mol. The average Bonchev–Trinajstić information content (AvgIpc) is 2.75. The average molecular weight is 470 g/mol. The molecule has 154 valence electrons. The number of anilines is 1. The molecule has 1 N–H and O–H groups in total. The first-order chi connectivity index (χ1) is 14.6. The summed E-state index contributed by atoms with van der Waals surface area (Å²) in [5.74, 6) is 1.17. The lowest BCUT2D eigenvalue weighted by atomic mass is 10.1. The molecule has 0 bridgehead atoms. The zero-order chi connectivity index (χ0) is 20.9. The van der Waals surface area contributed by atoms with Crippen LogP contribution in [0.5, 0.6) is 11.5 Å². The van der Waals surface area contributed by atoms with Crippen molar-refractivity contribution >= 4 is 27.5 Å². The second-order valence-electron chi connectivity index (χ2n) is 6.80. The topological polar surface area (TPSA) is 82.5 Å². The van der Waals surface area contributed by atoms with Crippen molar-refractivity contribution in [2.24, 2.45) is 0 Å². The molecule has 1 aliphatic rings. The van der Waals surface area contributed by atoms with Crippen LogP contribution in [0.4, 0.5) is 5.69 Å². The van der Waals surface area contributed by atoms with Crippen LogP contribution in [0.15, 0.2) is 63.9 Å². The summed E-state index contributed by atoms with van der Waals surface area (Å²) < 4.78 is 13.4. The first-order valence-electron chi connectivity index (χ1n) is 9.62. The SMILES string of the molecule is O=C(CCCn1nc(-c2ccc(Br)cc2)ccc1=O)Nc1ccc2c(c1)OCCO2. The van der Waals surface area contributed by atoms with Gasteiger partial charge >= 0.3 is 0 Å².